The molecule has 85 heteroatoms. The summed E-state index contributed by atoms with van der Waals surface area (Å²) in [5, 5.41) is 0. The lowest BCUT2D eigenvalue weighted by Crippen LogP contribution is -2.74. The normalized spacial score (nSPS) is 17.8. The molecule has 0 heterocycles. The molecule has 0 fully saturated rings. The van der Waals surface area contributed by atoms with Crippen molar-refractivity contribution in [2.24, 2.45) is 5.92 Å². The van der Waals surface area contributed by atoms with Crippen LogP contribution in [0.25, 0.3) is 0 Å². The third kappa shape index (κ3) is 17.4. The maximum Gasteiger partial charge on any atom is 0.460 e. The highest BCUT2D eigenvalue weighted by molar-refractivity contribution is 5.51. The molecule has 0 radical (unpaired) electrons. The van der Waals surface area contributed by atoms with Crippen LogP contribution in [0.2, 0.25) is 0 Å². The number of hydrogen-bond donors (Lipinski definition) is 0. The van der Waals surface area contributed by atoms with Gasteiger partial charge in [-0.3, -0.25) is 0 Å². The summed E-state index contributed by atoms with van der Waals surface area (Å²) < 4.78 is 1230. The first-order valence-corrected chi connectivity index (χ1v) is 32.2. The minimum atomic E-state index is -10.4. The van der Waals surface area contributed by atoms with Crippen molar-refractivity contribution in [1.82, 2.24) is 0 Å². The Morgan fingerprint density at radius 3 is 0.314 bits per heavy atom. The molecule has 0 bridgehead atoms. The second-order valence-corrected chi connectivity index (χ2v) is 28.3. The topological polar surface area (TPSA) is 0 Å². The molecule has 0 aliphatic heterocycles. The number of allylic oxidation sites excluding steroid dienone is 4. The van der Waals surface area contributed by atoms with Crippen LogP contribution in [-0.2, 0) is 0 Å². The van der Waals surface area contributed by atoms with Crippen LogP contribution in [0.1, 0.15) is 64.2 Å². The van der Waals surface area contributed by atoms with Gasteiger partial charge in [-0.25, -0.2) is 0 Å². The molecule has 0 saturated heterocycles. The first-order chi connectivity index (χ1) is 59.2. The molecule has 1 aliphatic rings. The SMILES string of the molecule is FC(F)(F)C(F)(F)C(F)(F)C(F)(F)C(F)(F)C(F)(F)C(F)(F)C(F)(F)CCC1=C(CCC(F)(F)C(F)(F)C(F)(F)C(F)(F)C(F)(F)C(F)(F)C(F)(F)C(F)(F)F)C(CCC(F)(F)C(F)(F)C(F)(F)C(F)(F)C(F)(F)C(F)(F)C(F)(F)C(F)(F)F)C(CCC(F)(F)C(F)(F)C(F)(F)C(F)(F)C(F)(F)C(F)(F)C(F)(F)C(F)(F)F)=C1CCC(F)(F)C(F)(F)C(F)(F)C(F)(F)C(F)(F)C(F)(F)C(F)(F)C(F)(F)F. The molecule has 836 valence electrons. The molecule has 0 nitrogen and oxygen atoms in total. The molecule has 0 aromatic carbocycles. The summed E-state index contributed by atoms with van der Waals surface area (Å²) in [6.07, 6.45) is -98.5. The molecule has 0 amide bonds. The quantitative estimate of drug-likeness (QED) is 0.0533. The van der Waals surface area contributed by atoms with Crippen LogP contribution in [-0.4, -0.2) is 238 Å². The molecular formula is C55H21F85. The minimum absolute atomic E-state index is 4.64. The van der Waals surface area contributed by atoms with Crippen LogP contribution in [0.15, 0.2) is 22.3 Å². The Kier molecular flexibility index (Phi) is 32.2. The summed E-state index contributed by atoms with van der Waals surface area (Å²) in [5.41, 5.74) is -18.7. The van der Waals surface area contributed by atoms with E-state index in [4.69, 9.17) is 0 Å². The number of alkyl halides is 85. The van der Waals surface area contributed by atoms with Crippen LogP contribution in [0.3, 0.4) is 0 Å². The second kappa shape index (κ2) is 34.3. The summed E-state index contributed by atoms with van der Waals surface area (Å²) in [6.45, 7) is 0. The van der Waals surface area contributed by atoms with Crippen molar-refractivity contribution in [2.45, 2.75) is 302 Å². The zero-order chi connectivity index (χ0) is 115. The molecule has 0 saturated carbocycles. The molecule has 0 N–H and O–H groups in total. The van der Waals surface area contributed by atoms with Crippen LogP contribution in [0.4, 0.5) is 373 Å². The Bertz CT molecular complexity index is 4160. The van der Waals surface area contributed by atoms with E-state index < -0.39 is 331 Å². The van der Waals surface area contributed by atoms with Gasteiger partial charge in [0.25, 0.3) is 0 Å². The average molecular weight is 2300 g/mol. The third-order valence-corrected chi connectivity index (χ3v) is 19.5. The maximum absolute atomic E-state index is 15.9. The maximum atomic E-state index is 15.9. The van der Waals surface area contributed by atoms with E-state index in [9.17, 15) is 241 Å². The molecule has 0 atom stereocenters. The second-order valence-electron chi connectivity index (χ2n) is 28.3. The van der Waals surface area contributed by atoms with Crippen molar-refractivity contribution in [3.8, 4) is 0 Å². The van der Waals surface area contributed by atoms with Crippen molar-refractivity contribution < 1.29 is 373 Å². The van der Waals surface area contributed by atoms with Gasteiger partial charge in [-0.2, -0.15) is 373 Å². The smallest absolute Gasteiger partial charge is 0.200 e. The van der Waals surface area contributed by atoms with Crippen LogP contribution < -0.4 is 0 Å². The zero-order valence-electron chi connectivity index (χ0n) is 61.8. The third-order valence-electron chi connectivity index (χ3n) is 19.5. The lowest BCUT2D eigenvalue weighted by atomic mass is 9.80. The van der Waals surface area contributed by atoms with Crippen molar-refractivity contribution in [3.05, 3.63) is 22.3 Å². The fourth-order valence-corrected chi connectivity index (χ4v) is 10.9. The van der Waals surface area contributed by atoms with Gasteiger partial charge in [0.15, 0.2) is 0 Å². The van der Waals surface area contributed by atoms with E-state index in [-0.39, 0.29) is 0 Å². The molecular weight excluding hydrogens is 2280 g/mol. The first kappa shape index (κ1) is 132. The van der Waals surface area contributed by atoms with E-state index in [0.717, 1.165) is 0 Å². The lowest BCUT2D eigenvalue weighted by Gasteiger charge is -2.43. The van der Waals surface area contributed by atoms with Crippen molar-refractivity contribution in [3.63, 3.8) is 0 Å². The fraction of sp³-hybridized carbons (Fsp3) is 0.927. The molecule has 0 aromatic heterocycles. The van der Waals surface area contributed by atoms with E-state index in [1.54, 1.807) is 0 Å². The van der Waals surface area contributed by atoms with Gasteiger partial charge in [-0.15, -0.1) is 0 Å². The van der Waals surface area contributed by atoms with Gasteiger partial charge in [0.05, 0.1) is 0 Å². The van der Waals surface area contributed by atoms with E-state index in [1.165, 1.54) is 0 Å². The van der Waals surface area contributed by atoms with Gasteiger partial charge in [0.2, 0.25) is 0 Å². The summed E-state index contributed by atoms with van der Waals surface area (Å²) in [5.74, 6) is -355. The van der Waals surface area contributed by atoms with E-state index in [1.807, 2.05) is 0 Å². The monoisotopic (exact) mass is 2300 g/mol. The van der Waals surface area contributed by atoms with E-state index in [2.05, 4.69) is 0 Å². The van der Waals surface area contributed by atoms with Crippen LogP contribution in [0, 0.1) is 5.92 Å². The predicted octanol–water partition coefficient (Wildman–Crippen LogP) is 32.2. The standard InChI is InChI=1S/C55H21F85/c56-16(57,21(66,67)26(76,77)31(86,87)36(96,97)41(106,107)46(116,117)51(126,127)128)6-1-11-12(2-7-17(58,59)22(68,69)27(78,79)32(88,89)37(98,99)42(108,109)47(118,119)52(129,130)131)14(4-9-19(62,63)24(72,73)29(82,83)34(92,93)39(102,103)44(112,113)49(122,123)54(135,136)137)15(5-10-20(64,65)25(74,75)30(84,85)35(94,95)40(104,105)45(114,115)50(124,125)55(138,139)140)13(11)3-8-18(60,61)23(70,71)28(80,81)33(90,91)38(100,101)43(110,111)48(120,121)53(132,133)134/h11H,1-10H2. The van der Waals surface area contributed by atoms with Crippen LogP contribution >= 0.6 is 0 Å². The molecule has 0 unspecified atom stereocenters. The highest BCUT2D eigenvalue weighted by Crippen LogP contribution is 2.74. The van der Waals surface area contributed by atoms with Gasteiger partial charge in [0, 0.05) is 38.0 Å². The van der Waals surface area contributed by atoms with Gasteiger partial charge < -0.3 is 0 Å². The Morgan fingerprint density at radius 1 is 0.107 bits per heavy atom. The average Bonchev–Trinajstić information content (AvgIpc) is 0.754. The highest BCUT2D eigenvalue weighted by Gasteiger charge is 3.02. The van der Waals surface area contributed by atoms with Crippen molar-refractivity contribution in [2.75, 3.05) is 0 Å². The van der Waals surface area contributed by atoms with Gasteiger partial charge in [-0.05, 0) is 43.3 Å². The van der Waals surface area contributed by atoms with Gasteiger partial charge >= 0.3 is 238 Å². The lowest BCUT2D eigenvalue weighted by molar-refractivity contribution is -0.462. The number of hydrogen-bond acceptors (Lipinski definition) is 0. The Hall–Kier alpha value is -6.47. The molecule has 0 spiro atoms. The fourth-order valence-electron chi connectivity index (χ4n) is 10.9. The van der Waals surface area contributed by atoms with E-state index >= 15 is 132 Å². The largest absolute Gasteiger partial charge is 0.460 e. The number of halogens is 85. The molecule has 140 heavy (non-hydrogen) atoms. The zero-order valence-corrected chi connectivity index (χ0v) is 61.8. The molecule has 0 aromatic rings. The minimum Gasteiger partial charge on any atom is -0.200 e. The predicted molar refractivity (Wildman–Crippen MR) is 267 cm³/mol. The van der Waals surface area contributed by atoms with E-state index in [0.29, 0.717) is 0 Å². The van der Waals surface area contributed by atoms with Crippen molar-refractivity contribution in [1.29, 1.82) is 0 Å². The van der Waals surface area contributed by atoms with Gasteiger partial charge in [-0.1, -0.05) is 11.1 Å². The molecule has 1 rings (SSSR count). The summed E-state index contributed by atoms with van der Waals surface area (Å²) in [7, 11) is 0. The number of rotatable bonds is 45. The Labute approximate surface area is 704 Å². The summed E-state index contributed by atoms with van der Waals surface area (Å²) in [6, 6.07) is 0. The van der Waals surface area contributed by atoms with Gasteiger partial charge in [0.1, 0.15) is 0 Å². The highest BCUT2D eigenvalue weighted by atomic mass is 19.5. The Morgan fingerprint density at radius 2 is 0.200 bits per heavy atom. The summed E-state index contributed by atoms with van der Waals surface area (Å²) in [4.78, 5) is 0. The molecule has 1 aliphatic carbocycles. The first-order valence-electron chi connectivity index (χ1n) is 32.2. The van der Waals surface area contributed by atoms with Crippen molar-refractivity contribution >= 4 is 0 Å². The Balaban J connectivity index is 6.06. The van der Waals surface area contributed by atoms with Crippen LogP contribution in [0.5, 0.6) is 0 Å². The summed E-state index contributed by atoms with van der Waals surface area (Å²) >= 11 is 0.